The van der Waals surface area contributed by atoms with Crippen molar-refractivity contribution < 1.29 is 69.2 Å². The molecule has 2 fully saturated rings. The lowest BCUT2D eigenvalue weighted by Gasteiger charge is -2.20. The summed E-state index contributed by atoms with van der Waals surface area (Å²) in [6.45, 7) is 6.99. The van der Waals surface area contributed by atoms with Gasteiger partial charge in [-0.05, 0) is 23.5 Å². The van der Waals surface area contributed by atoms with Crippen LogP contribution in [0.5, 0.6) is 0 Å². The van der Waals surface area contributed by atoms with E-state index in [0.29, 0.717) is 0 Å². The van der Waals surface area contributed by atoms with E-state index < -0.39 is 36.4 Å². The van der Waals surface area contributed by atoms with Gasteiger partial charge in [0.1, 0.15) is 0 Å². The maximum absolute atomic E-state index is 10.6. The van der Waals surface area contributed by atoms with Crippen LogP contribution in [-0.4, -0.2) is 102 Å². The molecule has 11 nitrogen and oxygen atoms in total. The molecular formula is C23H26F9N5O6. The first-order valence-corrected chi connectivity index (χ1v) is 11.8. The summed E-state index contributed by atoms with van der Waals surface area (Å²) >= 11 is 0. The van der Waals surface area contributed by atoms with E-state index in [4.69, 9.17) is 29.7 Å². The monoisotopic (exact) mass is 639 g/mol. The molecule has 242 valence electrons. The maximum Gasteiger partial charge on any atom is 0.490 e. The second kappa shape index (κ2) is 15.5. The summed E-state index contributed by atoms with van der Waals surface area (Å²) in [6, 6.07) is 4.21. The molecule has 0 saturated carbocycles. The topological polar surface area (TPSA) is 149 Å². The predicted molar refractivity (Wildman–Crippen MR) is 126 cm³/mol. The number of nitrogens with zero attached hydrogens (tertiary/aromatic N) is 5. The van der Waals surface area contributed by atoms with Gasteiger partial charge in [-0.3, -0.25) is 19.5 Å². The normalized spacial score (nSPS) is 18.7. The van der Waals surface area contributed by atoms with Crippen LogP contribution in [0.4, 0.5) is 39.5 Å². The fourth-order valence-electron chi connectivity index (χ4n) is 4.01. The third-order valence-corrected chi connectivity index (χ3v) is 5.66. The van der Waals surface area contributed by atoms with Gasteiger partial charge in [0.15, 0.2) is 0 Å². The largest absolute Gasteiger partial charge is 0.490 e. The van der Waals surface area contributed by atoms with Crippen molar-refractivity contribution in [3.05, 3.63) is 48.0 Å². The van der Waals surface area contributed by atoms with Crippen LogP contribution >= 0.6 is 0 Å². The molecule has 43 heavy (non-hydrogen) atoms. The van der Waals surface area contributed by atoms with E-state index in [1.165, 1.54) is 37.3 Å². The summed E-state index contributed by atoms with van der Waals surface area (Å²) in [5.74, 6) is -6.62. The van der Waals surface area contributed by atoms with Crippen LogP contribution in [0.2, 0.25) is 0 Å². The average molecular weight is 639 g/mol. The highest BCUT2D eigenvalue weighted by atomic mass is 19.4. The lowest BCUT2D eigenvalue weighted by Crippen LogP contribution is -2.28. The quantitative estimate of drug-likeness (QED) is 0.426. The second-order valence-corrected chi connectivity index (χ2v) is 9.20. The highest BCUT2D eigenvalue weighted by Gasteiger charge is 2.40. The molecule has 2 aromatic rings. The van der Waals surface area contributed by atoms with Crippen molar-refractivity contribution in [2.24, 2.45) is 18.9 Å². The van der Waals surface area contributed by atoms with Gasteiger partial charge in [-0.2, -0.15) is 44.6 Å². The summed E-state index contributed by atoms with van der Waals surface area (Å²) in [5, 5.41) is 25.6. The van der Waals surface area contributed by atoms with Crippen LogP contribution in [-0.2, 0) is 34.5 Å². The molecule has 2 aliphatic heterocycles. The first-order valence-electron chi connectivity index (χ1n) is 11.8. The van der Waals surface area contributed by atoms with Crippen molar-refractivity contribution in [3.8, 4) is 0 Å². The predicted octanol–water partition coefficient (Wildman–Crippen LogP) is 3.28. The van der Waals surface area contributed by atoms with Gasteiger partial charge in [0.2, 0.25) is 0 Å². The van der Waals surface area contributed by atoms with Crippen LogP contribution in [0.15, 0.2) is 36.9 Å². The van der Waals surface area contributed by atoms with Crippen LogP contribution in [0.25, 0.3) is 0 Å². The Bertz CT molecular complexity index is 1120. The lowest BCUT2D eigenvalue weighted by atomic mass is 10.0. The minimum absolute atomic E-state index is 0.827. The average Bonchev–Trinajstić information content (AvgIpc) is 3.54. The highest BCUT2D eigenvalue weighted by molar-refractivity contribution is 5.73. The highest BCUT2D eigenvalue weighted by Crippen LogP contribution is 2.32. The van der Waals surface area contributed by atoms with Crippen LogP contribution < -0.4 is 0 Å². The number of carbonyl (C=O) groups is 3. The fraction of sp³-hybridized carbons (Fsp3) is 0.522. The van der Waals surface area contributed by atoms with Crippen molar-refractivity contribution in [2.75, 3.05) is 26.2 Å². The number of likely N-dealkylation sites (tertiary alicyclic amines) is 2. The van der Waals surface area contributed by atoms with Crippen LogP contribution in [0.1, 0.15) is 11.1 Å². The van der Waals surface area contributed by atoms with Gasteiger partial charge in [-0.15, -0.1) is 0 Å². The van der Waals surface area contributed by atoms with Gasteiger partial charge >= 0.3 is 36.4 Å². The molecule has 0 aliphatic carbocycles. The molecule has 0 bridgehead atoms. The number of hydrogen-bond acceptors (Lipinski definition) is 7. The Morgan fingerprint density at radius 1 is 0.744 bits per heavy atom. The number of aliphatic carboxylic acids is 3. The number of carboxylic acid groups (broad SMARTS) is 3. The molecule has 0 radical (unpaired) electrons. The SMILES string of the molecule is Cn1cc(CN2C[C@H]3CN(Cc4cccnc4)C[C@H]3C2)cn1.O=C(O)C(F)(F)F.O=C(O)C(F)(F)F.O=C(O)C(F)(F)F. The maximum atomic E-state index is 10.6. The van der Waals surface area contributed by atoms with E-state index in [1.54, 1.807) is 0 Å². The molecule has 2 saturated heterocycles. The first kappa shape index (κ1) is 37.1. The number of aryl methyl sites for hydroxylation is 1. The van der Waals surface area contributed by atoms with E-state index in [2.05, 4.69) is 32.1 Å². The third-order valence-electron chi connectivity index (χ3n) is 5.66. The number of fused-ring (bicyclic) bond motifs is 1. The number of pyridine rings is 1. The van der Waals surface area contributed by atoms with Gasteiger partial charge in [-0.25, -0.2) is 14.4 Å². The van der Waals surface area contributed by atoms with Crippen molar-refractivity contribution in [1.82, 2.24) is 24.6 Å². The van der Waals surface area contributed by atoms with Gasteiger partial charge in [0.05, 0.1) is 6.20 Å². The lowest BCUT2D eigenvalue weighted by molar-refractivity contribution is -0.193. The minimum atomic E-state index is -5.08. The van der Waals surface area contributed by atoms with Gasteiger partial charge in [-0.1, -0.05) is 6.07 Å². The zero-order valence-corrected chi connectivity index (χ0v) is 22.1. The van der Waals surface area contributed by atoms with Crippen molar-refractivity contribution in [2.45, 2.75) is 31.6 Å². The van der Waals surface area contributed by atoms with Gasteiger partial charge in [0, 0.05) is 70.5 Å². The standard InChI is InChI=1S/C17H23N5.3C2HF3O2/c1-20-7-15(6-19-20)9-22-12-16-10-21(11-17(16)13-22)8-14-3-2-4-18-5-14;3*3-2(4,5)1(6)7/h2-7,16-17H,8-13H2,1H3;3*(H,6,7)/t16-,17+;;;. The molecule has 4 rings (SSSR count). The number of rotatable bonds is 4. The number of hydrogen-bond donors (Lipinski definition) is 3. The number of carboxylic acids is 3. The Balaban J connectivity index is 0.000000363. The molecule has 20 heteroatoms. The molecule has 0 spiro atoms. The van der Waals surface area contributed by atoms with Gasteiger partial charge < -0.3 is 15.3 Å². The third kappa shape index (κ3) is 14.2. The Kier molecular flexibility index (Phi) is 13.4. The van der Waals surface area contributed by atoms with E-state index in [9.17, 15) is 39.5 Å². The Morgan fingerprint density at radius 2 is 1.12 bits per heavy atom. The molecular weight excluding hydrogens is 613 g/mol. The fourth-order valence-corrected chi connectivity index (χ4v) is 4.01. The Hall–Kier alpha value is -3.94. The molecule has 2 aliphatic rings. The van der Waals surface area contributed by atoms with Crippen molar-refractivity contribution >= 4 is 17.9 Å². The Labute approximate surface area is 237 Å². The smallest absolute Gasteiger partial charge is 0.475 e. The number of alkyl halides is 9. The van der Waals surface area contributed by atoms with E-state index in [-0.39, 0.29) is 0 Å². The molecule has 3 N–H and O–H groups in total. The summed E-state index contributed by atoms with van der Waals surface area (Å²) in [6.07, 6.45) is -7.30. The van der Waals surface area contributed by atoms with Crippen LogP contribution in [0, 0.1) is 11.8 Å². The molecule has 0 unspecified atom stereocenters. The van der Waals surface area contributed by atoms with E-state index in [1.807, 2.05) is 36.4 Å². The van der Waals surface area contributed by atoms with E-state index in [0.717, 1.165) is 24.9 Å². The second-order valence-electron chi connectivity index (χ2n) is 9.20. The minimum Gasteiger partial charge on any atom is -0.475 e. The number of halogens is 9. The zero-order chi connectivity index (χ0) is 33.2. The zero-order valence-electron chi connectivity index (χ0n) is 22.1. The van der Waals surface area contributed by atoms with Crippen LogP contribution in [0.3, 0.4) is 0 Å². The van der Waals surface area contributed by atoms with Gasteiger partial charge in [0.25, 0.3) is 0 Å². The molecule has 2 aromatic heterocycles. The van der Waals surface area contributed by atoms with Crippen molar-refractivity contribution in [3.63, 3.8) is 0 Å². The molecule has 0 amide bonds. The molecule has 2 atom stereocenters. The van der Waals surface area contributed by atoms with Crippen molar-refractivity contribution in [1.29, 1.82) is 0 Å². The number of aromatic nitrogens is 3. The van der Waals surface area contributed by atoms with E-state index >= 15 is 0 Å². The summed E-state index contributed by atoms with van der Waals surface area (Å²) in [4.78, 5) is 36.1. The summed E-state index contributed by atoms with van der Waals surface area (Å²) in [5.41, 5.74) is 2.66. The summed E-state index contributed by atoms with van der Waals surface area (Å²) in [7, 11) is 1.98. The Morgan fingerprint density at radius 3 is 1.40 bits per heavy atom. The molecule has 4 heterocycles. The molecule has 0 aromatic carbocycles. The summed E-state index contributed by atoms with van der Waals surface area (Å²) < 4.78 is 97.1. The first-order chi connectivity index (χ1) is 19.6.